The molecule has 1 aromatic carbocycles. The van der Waals surface area contributed by atoms with Crippen LogP contribution in [-0.4, -0.2) is 16.3 Å². The normalized spacial score (nSPS) is 10.8. The zero-order valence-electron chi connectivity index (χ0n) is 12.6. The molecule has 0 radical (unpaired) electrons. The van der Waals surface area contributed by atoms with Crippen LogP contribution in [-0.2, 0) is 19.6 Å². The molecule has 4 heteroatoms. The Labute approximate surface area is 121 Å². The van der Waals surface area contributed by atoms with Crippen LogP contribution in [0.1, 0.15) is 30.8 Å². The first-order valence-corrected chi connectivity index (χ1v) is 7.25. The SMILES string of the molecule is CCN(Cc1cc(C)nn1CC)c1ccc(CN)cc1. The molecule has 0 aliphatic heterocycles. The summed E-state index contributed by atoms with van der Waals surface area (Å²) in [5, 5.41) is 4.51. The van der Waals surface area contributed by atoms with Crippen molar-refractivity contribution in [2.45, 2.75) is 40.4 Å². The van der Waals surface area contributed by atoms with Crippen molar-refractivity contribution in [3.63, 3.8) is 0 Å². The van der Waals surface area contributed by atoms with E-state index in [1.54, 1.807) is 0 Å². The molecule has 0 aliphatic carbocycles. The number of nitrogens with zero attached hydrogens (tertiary/aromatic N) is 3. The number of nitrogens with two attached hydrogens (primary N) is 1. The summed E-state index contributed by atoms with van der Waals surface area (Å²) in [4.78, 5) is 2.35. The summed E-state index contributed by atoms with van der Waals surface area (Å²) < 4.78 is 2.08. The van der Waals surface area contributed by atoms with Gasteiger partial charge in [-0.3, -0.25) is 4.68 Å². The molecular formula is C16H24N4. The van der Waals surface area contributed by atoms with Gasteiger partial charge in [-0.2, -0.15) is 5.10 Å². The number of benzene rings is 1. The van der Waals surface area contributed by atoms with Crippen molar-refractivity contribution in [2.75, 3.05) is 11.4 Å². The van der Waals surface area contributed by atoms with Gasteiger partial charge < -0.3 is 10.6 Å². The van der Waals surface area contributed by atoms with Gasteiger partial charge in [-0.15, -0.1) is 0 Å². The average molecular weight is 272 g/mol. The van der Waals surface area contributed by atoms with Gasteiger partial charge in [-0.25, -0.2) is 0 Å². The molecule has 0 aliphatic rings. The summed E-state index contributed by atoms with van der Waals surface area (Å²) in [6, 6.07) is 10.7. The molecule has 0 unspecified atom stereocenters. The van der Waals surface area contributed by atoms with E-state index in [4.69, 9.17) is 5.73 Å². The van der Waals surface area contributed by atoms with E-state index in [0.717, 1.165) is 25.3 Å². The first-order valence-electron chi connectivity index (χ1n) is 7.25. The van der Waals surface area contributed by atoms with E-state index in [0.29, 0.717) is 6.54 Å². The lowest BCUT2D eigenvalue weighted by atomic mass is 10.2. The third kappa shape index (κ3) is 3.20. The van der Waals surface area contributed by atoms with Gasteiger partial charge in [0.25, 0.3) is 0 Å². The monoisotopic (exact) mass is 272 g/mol. The maximum atomic E-state index is 5.65. The smallest absolute Gasteiger partial charge is 0.0598 e. The fourth-order valence-electron chi connectivity index (χ4n) is 2.42. The maximum absolute atomic E-state index is 5.65. The van der Waals surface area contributed by atoms with Gasteiger partial charge in [0.1, 0.15) is 0 Å². The Kier molecular flexibility index (Phi) is 4.79. The molecule has 1 aromatic heterocycles. The van der Waals surface area contributed by atoms with Crippen molar-refractivity contribution in [3.05, 3.63) is 47.3 Å². The highest BCUT2D eigenvalue weighted by Gasteiger charge is 2.10. The zero-order valence-corrected chi connectivity index (χ0v) is 12.6. The fourth-order valence-corrected chi connectivity index (χ4v) is 2.42. The Morgan fingerprint density at radius 3 is 2.45 bits per heavy atom. The number of rotatable bonds is 6. The van der Waals surface area contributed by atoms with Crippen LogP contribution in [0.5, 0.6) is 0 Å². The van der Waals surface area contributed by atoms with Crippen molar-refractivity contribution in [1.82, 2.24) is 9.78 Å². The van der Waals surface area contributed by atoms with Crippen LogP contribution in [0.3, 0.4) is 0 Å². The van der Waals surface area contributed by atoms with E-state index in [1.807, 2.05) is 6.92 Å². The van der Waals surface area contributed by atoms with Gasteiger partial charge in [-0.05, 0) is 44.5 Å². The molecule has 0 fully saturated rings. The van der Waals surface area contributed by atoms with Crippen LogP contribution in [0, 0.1) is 6.92 Å². The largest absolute Gasteiger partial charge is 0.366 e. The van der Waals surface area contributed by atoms with Crippen molar-refractivity contribution in [3.8, 4) is 0 Å². The molecule has 4 nitrogen and oxygen atoms in total. The van der Waals surface area contributed by atoms with E-state index in [9.17, 15) is 0 Å². The third-order valence-electron chi connectivity index (χ3n) is 3.56. The van der Waals surface area contributed by atoms with Crippen molar-refractivity contribution in [1.29, 1.82) is 0 Å². The molecule has 2 N–H and O–H groups in total. The summed E-state index contributed by atoms with van der Waals surface area (Å²) >= 11 is 0. The van der Waals surface area contributed by atoms with Crippen molar-refractivity contribution in [2.24, 2.45) is 5.73 Å². The molecule has 0 atom stereocenters. The Morgan fingerprint density at radius 2 is 1.90 bits per heavy atom. The molecule has 1 heterocycles. The summed E-state index contributed by atoms with van der Waals surface area (Å²) in [6.07, 6.45) is 0. The molecule has 20 heavy (non-hydrogen) atoms. The molecule has 108 valence electrons. The molecule has 2 rings (SSSR count). The second-order valence-electron chi connectivity index (χ2n) is 4.98. The highest BCUT2D eigenvalue weighted by atomic mass is 15.3. The standard InChI is InChI=1S/C16H24N4/c1-4-19(15-8-6-14(11-17)7-9-15)12-16-10-13(3)18-20(16)5-2/h6-10H,4-5,11-12,17H2,1-3H3. The summed E-state index contributed by atoms with van der Waals surface area (Å²) in [6.45, 7) is 9.70. The summed E-state index contributed by atoms with van der Waals surface area (Å²) in [5.74, 6) is 0. The van der Waals surface area contributed by atoms with Gasteiger partial charge in [0.2, 0.25) is 0 Å². The highest BCUT2D eigenvalue weighted by molar-refractivity contribution is 5.47. The Hall–Kier alpha value is -1.81. The first kappa shape index (κ1) is 14.6. The van der Waals surface area contributed by atoms with E-state index < -0.39 is 0 Å². The zero-order chi connectivity index (χ0) is 14.5. The second-order valence-corrected chi connectivity index (χ2v) is 4.98. The number of aryl methyl sites for hydroxylation is 2. The van der Waals surface area contributed by atoms with Crippen LogP contribution in [0.25, 0.3) is 0 Å². The van der Waals surface area contributed by atoms with E-state index in [2.05, 4.69) is 58.9 Å². The minimum absolute atomic E-state index is 0.591. The number of anilines is 1. The summed E-state index contributed by atoms with van der Waals surface area (Å²) in [5.41, 5.74) is 10.4. The summed E-state index contributed by atoms with van der Waals surface area (Å²) in [7, 11) is 0. The van der Waals surface area contributed by atoms with Gasteiger partial charge in [-0.1, -0.05) is 12.1 Å². The molecular weight excluding hydrogens is 248 g/mol. The lowest BCUT2D eigenvalue weighted by Gasteiger charge is -2.23. The van der Waals surface area contributed by atoms with Crippen LogP contribution in [0.2, 0.25) is 0 Å². The number of hydrogen-bond donors (Lipinski definition) is 1. The van der Waals surface area contributed by atoms with Crippen molar-refractivity contribution >= 4 is 5.69 Å². The van der Waals surface area contributed by atoms with Crippen LogP contribution in [0.4, 0.5) is 5.69 Å². The molecule has 0 amide bonds. The fraction of sp³-hybridized carbons (Fsp3) is 0.438. The van der Waals surface area contributed by atoms with Gasteiger partial charge >= 0.3 is 0 Å². The first-order chi connectivity index (χ1) is 9.67. The van der Waals surface area contributed by atoms with Crippen molar-refractivity contribution < 1.29 is 0 Å². The van der Waals surface area contributed by atoms with E-state index in [1.165, 1.54) is 16.9 Å². The Balaban J connectivity index is 2.19. The molecule has 0 saturated carbocycles. The quantitative estimate of drug-likeness (QED) is 0.879. The van der Waals surface area contributed by atoms with Crippen LogP contribution in [0.15, 0.2) is 30.3 Å². The van der Waals surface area contributed by atoms with Gasteiger partial charge in [0.05, 0.1) is 17.9 Å². The molecule has 0 saturated heterocycles. The lowest BCUT2D eigenvalue weighted by molar-refractivity contribution is 0.607. The Morgan fingerprint density at radius 1 is 1.20 bits per heavy atom. The average Bonchev–Trinajstić information content (AvgIpc) is 2.84. The topological polar surface area (TPSA) is 47.1 Å². The van der Waals surface area contributed by atoms with E-state index in [-0.39, 0.29) is 0 Å². The molecule has 0 spiro atoms. The third-order valence-corrected chi connectivity index (χ3v) is 3.56. The van der Waals surface area contributed by atoms with Crippen LogP contribution < -0.4 is 10.6 Å². The minimum Gasteiger partial charge on any atom is -0.366 e. The maximum Gasteiger partial charge on any atom is 0.0598 e. The molecule has 2 aromatic rings. The second kappa shape index (κ2) is 6.57. The predicted molar refractivity (Wildman–Crippen MR) is 83.7 cm³/mol. The van der Waals surface area contributed by atoms with Gasteiger partial charge in [0.15, 0.2) is 0 Å². The number of hydrogen-bond acceptors (Lipinski definition) is 3. The number of aromatic nitrogens is 2. The van der Waals surface area contributed by atoms with Gasteiger partial charge in [0, 0.05) is 25.3 Å². The van der Waals surface area contributed by atoms with E-state index >= 15 is 0 Å². The molecule has 0 bridgehead atoms. The highest BCUT2D eigenvalue weighted by Crippen LogP contribution is 2.18. The lowest BCUT2D eigenvalue weighted by Crippen LogP contribution is -2.23. The Bertz CT molecular complexity index is 542. The van der Waals surface area contributed by atoms with Crippen LogP contribution >= 0.6 is 0 Å². The minimum atomic E-state index is 0.591. The predicted octanol–water partition coefficient (Wildman–Crippen LogP) is 2.70.